The molecule has 16 heavy (non-hydrogen) atoms. The highest BCUT2D eigenvalue weighted by Crippen LogP contribution is 2.13. The molecule has 2 aromatic heterocycles. The highest BCUT2D eigenvalue weighted by molar-refractivity contribution is 6.06. The molecule has 1 amide bonds. The third-order valence-corrected chi connectivity index (χ3v) is 1.96. The molecule has 0 saturated heterocycles. The van der Waals surface area contributed by atoms with Crippen LogP contribution in [0.5, 0.6) is 0 Å². The molecule has 2 heterocycles. The zero-order valence-corrected chi connectivity index (χ0v) is 8.60. The lowest BCUT2D eigenvalue weighted by molar-refractivity contribution is 0.102. The number of nitrogen functional groups attached to an aromatic ring is 1. The third-order valence-electron chi connectivity index (χ3n) is 1.96. The first-order valence-electron chi connectivity index (χ1n) is 4.61. The molecule has 0 aliphatic rings. The SMILES string of the molecule is Cc1cc(NC(=O)c2cnccc2N)on1. The summed E-state index contributed by atoms with van der Waals surface area (Å²) in [5.74, 6) is -0.0903. The molecule has 0 unspecified atom stereocenters. The predicted octanol–water partition coefficient (Wildman–Crippen LogP) is 1.21. The summed E-state index contributed by atoms with van der Waals surface area (Å²) >= 11 is 0. The Bertz CT molecular complexity index is 521. The molecule has 0 radical (unpaired) electrons. The average molecular weight is 218 g/mol. The standard InChI is InChI=1S/C10H10N4O2/c1-6-4-9(16-14-6)13-10(15)7-5-12-3-2-8(7)11/h2-5H,1H3,(H2,11,12)(H,13,15). The normalized spacial score (nSPS) is 10.1. The number of pyridine rings is 1. The summed E-state index contributed by atoms with van der Waals surface area (Å²) in [5, 5.41) is 6.18. The number of carbonyl (C=O) groups is 1. The molecule has 6 nitrogen and oxygen atoms in total. The highest BCUT2D eigenvalue weighted by Gasteiger charge is 2.11. The van der Waals surface area contributed by atoms with Crippen molar-refractivity contribution in [3.05, 3.63) is 35.8 Å². The summed E-state index contributed by atoms with van der Waals surface area (Å²) in [6, 6.07) is 3.17. The smallest absolute Gasteiger partial charge is 0.261 e. The molecular formula is C10H10N4O2. The number of amides is 1. The van der Waals surface area contributed by atoms with Crippen molar-refractivity contribution in [3.63, 3.8) is 0 Å². The van der Waals surface area contributed by atoms with Gasteiger partial charge in [0.05, 0.1) is 11.3 Å². The van der Waals surface area contributed by atoms with E-state index >= 15 is 0 Å². The van der Waals surface area contributed by atoms with Crippen molar-refractivity contribution in [1.29, 1.82) is 0 Å². The van der Waals surface area contributed by atoms with Gasteiger partial charge in [0.1, 0.15) is 0 Å². The van der Waals surface area contributed by atoms with Gasteiger partial charge in [0.25, 0.3) is 5.91 Å². The van der Waals surface area contributed by atoms with Crippen LogP contribution in [0.25, 0.3) is 0 Å². The third kappa shape index (κ3) is 2.00. The minimum absolute atomic E-state index is 0.283. The van der Waals surface area contributed by atoms with Crippen LogP contribution in [0.1, 0.15) is 16.1 Å². The highest BCUT2D eigenvalue weighted by atomic mass is 16.5. The first kappa shape index (κ1) is 10.2. The van der Waals surface area contributed by atoms with Crippen molar-refractivity contribution in [2.24, 2.45) is 0 Å². The first-order chi connectivity index (χ1) is 7.66. The zero-order chi connectivity index (χ0) is 11.5. The van der Waals surface area contributed by atoms with Crippen LogP contribution in [0, 0.1) is 6.92 Å². The molecule has 6 heteroatoms. The number of hydrogen-bond donors (Lipinski definition) is 2. The Morgan fingerprint density at radius 3 is 3.00 bits per heavy atom. The van der Waals surface area contributed by atoms with E-state index in [-0.39, 0.29) is 11.8 Å². The zero-order valence-electron chi connectivity index (χ0n) is 8.60. The van der Waals surface area contributed by atoms with E-state index in [1.807, 2.05) is 0 Å². The van der Waals surface area contributed by atoms with E-state index in [1.54, 1.807) is 19.1 Å². The summed E-state index contributed by atoms with van der Waals surface area (Å²) in [5.41, 5.74) is 6.99. The van der Waals surface area contributed by atoms with Gasteiger partial charge in [-0.2, -0.15) is 0 Å². The molecule has 2 rings (SSSR count). The molecule has 0 saturated carbocycles. The number of carbonyl (C=O) groups excluding carboxylic acids is 1. The van der Waals surface area contributed by atoms with Gasteiger partial charge >= 0.3 is 0 Å². The average Bonchev–Trinajstić information content (AvgIpc) is 2.64. The summed E-state index contributed by atoms with van der Waals surface area (Å²) in [6.45, 7) is 1.76. The van der Waals surface area contributed by atoms with Crippen LogP contribution in [-0.2, 0) is 0 Å². The maximum atomic E-state index is 11.7. The van der Waals surface area contributed by atoms with E-state index in [4.69, 9.17) is 10.3 Å². The second kappa shape index (κ2) is 4.01. The van der Waals surface area contributed by atoms with Gasteiger partial charge in [0.2, 0.25) is 5.88 Å². The molecule has 82 valence electrons. The van der Waals surface area contributed by atoms with Crippen molar-refractivity contribution in [2.45, 2.75) is 6.92 Å². The summed E-state index contributed by atoms with van der Waals surface area (Å²) in [4.78, 5) is 15.6. The van der Waals surface area contributed by atoms with Crippen LogP contribution < -0.4 is 11.1 Å². The molecule has 0 aliphatic carbocycles. The Morgan fingerprint density at radius 2 is 2.38 bits per heavy atom. The van der Waals surface area contributed by atoms with E-state index in [1.165, 1.54) is 12.4 Å². The largest absolute Gasteiger partial charge is 0.398 e. The van der Waals surface area contributed by atoms with Crippen LogP contribution in [0.15, 0.2) is 29.0 Å². The van der Waals surface area contributed by atoms with Gasteiger partial charge in [0, 0.05) is 24.1 Å². The maximum Gasteiger partial charge on any atom is 0.261 e. The van der Waals surface area contributed by atoms with E-state index in [2.05, 4.69) is 15.5 Å². The minimum Gasteiger partial charge on any atom is -0.398 e. The number of nitrogens with one attached hydrogen (secondary N) is 1. The first-order valence-corrected chi connectivity index (χ1v) is 4.61. The lowest BCUT2D eigenvalue weighted by Crippen LogP contribution is -2.13. The molecular weight excluding hydrogens is 208 g/mol. The topological polar surface area (TPSA) is 94.0 Å². The monoisotopic (exact) mass is 218 g/mol. The van der Waals surface area contributed by atoms with Crippen LogP contribution in [0.3, 0.4) is 0 Å². The fourth-order valence-corrected chi connectivity index (χ4v) is 1.20. The number of anilines is 2. The predicted molar refractivity (Wildman–Crippen MR) is 57.8 cm³/mol. The van der Waals surface area contributed by atoms with Crippen molar-refractivity contribution >= 4 is 17.5 Å². The number of hydrogen-bond acceptors (Lipinski definition) is 5. The van der Waals surface area contributed by atoms with E-state index < -0.39 is 0 Å². The van der Waals surface area contributed by atoms with Crippen molar-refractivity contribution in [2.75, 3.05) is 11.1 Å². The minimum atomic E-state index is -0.373. The molecule has 0 aliphatic heterocycles. The number of nitrogens with two attached hydrogens (primary N) is 1. The van der Waals surface area contributed by atoms with Crippen molar-refractivity contribution < 1.29 is 9.32 Å². The Kier molecular flexibility index (Phi) is 2.55. The molecule has 0 bridgehead atoms. The summed E-state index contributed by atoms with van der Waals surface area (Å²) in [7, 11) is 0. The lowest BCUT2D eigenvalue weighted by Gasteiger charge is -2.02. The molecule has 0 aromatic carbocycles. The number of nitrogens with zero attached hydrogens (tertiary/aromatic N) is 2. The Labute approximate surface area is 91.5 Å². The number of rotatable bonds is 2. The molecule has 0 atom stereocenters. The Morgan fingerprint density at radius 1 is 1.56 bits per heavy atom. The van der Waals surface area contributed by atoms with Crippen LogP contribution in [0.2, 0.25) is 0 Å². The molecule has 3 N–H and O–H groups in total. The summed E-state index contributed by atoms with van der Waals surface area (Å²) < 4.78 is 4.85. The van der Waals surface area contributed by atoms with Gasteiger partial charge < -0.3 is 10.3 Å². The van der Waals surface area contributed by atoms with Gasteiger partial charge in [-0.15, -0.1) is 0 Å². The van der Waals surface area contributed by atoms with E-state index in [9.17, 15) is 4.79 Å². The number of aromatic nitrogens is 2. The van der Waals surface area contributed by atoms with Gasteiger partial charge in [0.15, 0.2) is 0 Å². The van der Waals surface area contributed by atoms with Crippen LogP contribution in [0.4, 0.5) is 11.6 Å². The summed E-state index contributed by atoms with van der Waals surface area (Å²) in [6.07, 6.45) is 2.92. The maximum absolute atomic E-state index is 11.7. The van der Waals surface area contributed by atoms with Gasteiger partial charge in [-0.05, 0) is 13.0 Å². The van der Waals surface area contributed by atoms with Crippen LogP contribution in [-0.4, -0.2) is 16.0 Å². The van der Waals surface area contributed by atoms with Gasteiger partial charge in [-0.25, -0.2) is 0 Å². The second-order valence-electron chi connectivity index (χ2n) is 3.25. The molecule has 0 spiro atoms. The number of aryl methyl sites for hydroxylation is 1. The molecule has 0 fully saturated rings. The van der Waals surface area contributed by atoms with E-state index in [0.717, 1.165) is 0 Å². The second-order valence-corrected chi connectivity index (χ2v) is 3.25. The molecule has 2 aromatic rings. The van der Waals surface area contributed by atoms with Crippen LogP contribution >= 0.6 is 0 Å². The lowest BCUT2D eigenvalue weighted by atomic mass is 10.2. The quantitative estimate of drug-likeness (QED) is 0.790. The van der Waals surface area contributed by atoms with Crippen molar-refractivity contribution in [1.82, 2.24) is 10.1 Å². The van der Waals surface area contributed by atoms with E-state index in [0.29, 0.717) is 16.9 Å². The van der Waals surface area contributed by atoms with Crippen molar-refractivity contribution in [3.8, 4) is 0 Å². The van der Waals surface area contributed by atoms with Gasteiger partial charge in [-0.1, -0.05) is 5.16 Å². The van der Waals surface area contributed by atoms with Gasteiger partial charge in [-0.3, -0.25) is 15.1 Å². The fraction of sp³-hybridized carbons (Fsp3) is 0.100. The Balaban J connectivity index is 2.18. The fourth-order valence-electron chi connectivity index (χ4n) is 1.20. The Hall–Kier alpha value is -2.37.